The van der Waals surface area contributed by atoms with E-state index < -0.39 is 24.0 Å². The molecule has 226 valence electrons. The summed E-state index contributed by atoms with van der Waals surface area (Å²) in [4.78, 5) is 46.7. The van der Waals surface area contributed by atoms with Crippen molar-refractivity contribution in [3.05, 3.63) is 0 Å². The Balaban J connectivity index is 3.54. The second-order valence-electron chi connectivity index (χ2n) is 9.93. The van der Waals surface area contributed by atoms with Crippen LogP contribution in [-0.4, -0.2) is 49.1 Å². The predicted octanol–water partition coefficient (Wildman–Crippen LogP) is 5.37. The van der Waals surface area contributed by atoms with E-state index in [1.165, 1.54) is 0 Å². The van der Waals surface area contributed by atoms with Crippen LogP contribution in [0.5, 0.6) is 0 Å². The van der Waals surface area contributed by atoms with Gasteiger partial charge in [-0.05, 0) is 65.2 Å². The summed E-state index contributed by atoms with van der Waals surface area (Å²) in [5.41, 5.74) is 0. The van der Waals surface area contributed by atoms with Gasteiger partial charge in [0.05, 0.1) is 13.2 Å². The van der Waals surface area contributed by atoms with Crippen molar-refractivity contribution in [2.75, 3.05) is 13.2 Å². The van der Waals surface area contributed by atoms with Crippen molar-refractivity contribution >= 4 is 23.8 Å². The molecule has 8 heteroatoms. The van der Waals surface area contributed by atoms with E-state index in [4.69, 9.17) is 9.47 Å². The van der Waals surface area contributed by atoms with Gasteiger partial charge in [-0.2, -0.15) is 0 Å². The highest BCUT2D eigenvalue weighted by atomic mass is 16.5. The number of nitrogens with one attached hydrogen (secondary N) is 2. The first-order chi connectivity index (χ1) is 19.3. The van der Waals surface area contributed by atoms with Crippen LogP contribution in [-0.2, 0) is 28.7 Å². The molecular formula is C32H52N2O6. The summed E-state index contributed by atoms with van der Waals surface area (Å²) in [6.45, 7) is 7.40. The molecule has 0 aliphatic heterocycles. The summed E-state index contributed by atoms with van der Waals surface area (Å²) in [6, 6.07) is -1.19. The second kappa shape index (κ2) is 26.2. The summed E-state index contributed by atoms with van der Waals surface area (Å²) in [5, 5.41) is 5.35. The monoisotopic (exact) mass is 560 g/mol. The van der Waals surface area contributed by atoms with Gasteiger partial charge in [-0.15, -0.1) is 0 Å². The number of ether oxygens (including phenoxy) is 2. The first kappa shape index (κ1) is 37.0. The van der Waals surface area contributed by atoms with Gasteiger partial charge in [-0.1, -0.05) is 63.2 Å². The van der Waals surface area contributed by atoms with Crippen LogP contribution < -0.4 is 10.6 Å². The molecule has 0 rings (SSSR count). The molecule has 0 aromatic rings. The lowest BCUT2D eigenvalue weighted by Gasteiger charge is -2.12. The highest BCUT2D eigenvalue weighted by Gasteiger charge is 2.16. The van der Waals surface area contributed by atoms with E-state index in [1.807, 2.05) is 0 Å². The summed E-state index contributed by atoms with van der Waals surface area (Å²) in [5.74, 6) is 11.1. The maximum Gasteiger partial charge on any atom is 0.328 e. The number of hydrogen-bond donors (Lipinski definition) is 2. The summed E-state index contributed by atoms with van der Waals surface area (Å²) in [6.07, 6.45) is 15.1. The quantitative estimate of drug-likeness (QED) is 0.105. The van der Waals surface area contributed by atoms with Crippen molar-refractivity contribution in [3.8, 4) is 23.7 Å². The molecule has 0 aromatic heterocycles. The van der Waals surface area contributed by atoms with Gasteiger partial charge in [0, 0.05) is 25.7 Å². The van der Waals surface area contributed by atoms with Crippen LogP contribution in [0.4, 0.5) is 0 Å². The van der Waals surface area contributed by atoms with Crippen LogP contribution in [0.25, 0.3) is 0 Å². The zero-order valence-electron chi connectivity index (χ0n) is 25.3. The molecule has 0 radical (unpaired) electrons. The van der Waals surface area contributed by atoms with E-state index in [1.54, 1.807) is 27.7 Å². The Labute approximate surface area is 242 Å². The minimum absolute atomic E-state index is 0.101. The first-order valence-electron chi connectivity index (χ1n) is 15.2. The summed E-state index contributed by atoms with van der Waals surface area (Å²) < 4.78 is 9.76. The molecule has 2 N–H and O–H groups in total. The zero-order chi connectivity index (χ0) is 29.8. The van der Waals surface area contributed by atoms with Crippen molar-refractivity contribution in [1.29, 1.82) is 0 Å². The molecule has 2 amide bonds. The Kier molecular flexibility index (Phi) is 24.3. The number of carbonyl (C=O) groups is 4. The number of unbranched alkanes of at least 4 members (excludes halogenated alkanes) is 12. The molecule has 2 unspecified atom stereocenters. The van der Waals surface area contributed by atoms with Gasteiger partial charge in [0.1, 0.15) is 12.1 Å². The van der Waals surface area contributed by atoms with Crippen LogP contribution in [0.15, 0.2) is 0 Å². The van der Waals surface area contributed by atoms with E-state index in [0.29, 0.717) is 26.1 Å². The van der Waals surface area contributed by atoms with Crippen LogP contribution in [0.3, 0.4) is 0 Å². The number of amides is 2. The van der Waals surface area contributed by atoms with Crippen molar-refractivity contribution in [2.45, 2.75) is 143 Å². The minimum Gasteiger partial charge on any atom is -0.464 e. The SMILES string of the molecule is CCOC(=O)C(C)NC(=O)CCCCCCCCC#CC#CCCCCCCCCC(=O)NC(C)C(=O)OCC. The van der Waals surface area contributed by atoms with Crippen LogP contribution >= 0.6 is 0 Å². The molecule has 2 atom stereocenters. The lowest BCUT2D eigenvalue weighted by molar-refractivity contribution is -0.147. The average Bonchev–Trinajstić information content (AvgIpc) is 2.92. The largest absolute Gasteiger partial charge is 0.464 e. The summed E-state index contributed by atoms with van der Waals surface area (Å²) in [7, 11) is 0. The Morgan fingerprint density at radius 3 is 1.23 bits per heavy atom. The van der Waals surface area contributed by atoms with Gasteiger partial charge >= 0.3 is 11.9 Å². The molecule has 40 heavy (non-hydrogen) atoms. The second-order valence-corrected chi connectivity index (χ2v) is 9.93. The highest BCUT2D eigenvalue weighted by Crippen LogP contribution is 2.09. The molecule has 0 saturated carbocycles. The molecular weight excluding hydrogens is 508 g/mol. The maximum atomic E-state index is 11.8. The van der Waals surface area contributed by atoms with Crippen LogP contribution in [0.1, 0.15) is 130 Å². The molecule has 0 spiro atoms. The molecule has 0 fully saturated rings. The third-order valence-corrected chi connectivity index (χ3v) is 6.19. The van der Waals surface area contributed by atoms with Gasteiger partial charge in [0.15, 0.2) is 0 Å². The van der Waals surface area contributed by atoms with Crippen molar-refractivity contribution < 1.29 is 28.7 Å². The number of hydrogen-bond acceptors (Lipinski definition) is 6. The Morgan fingerprint density at radius 2 is 0.875 bits per heavy atom. The van der Waals surface area contributed by atoms with E-state index in [0.717, 1.165) is 89.9 Å². The first-order valence-corrected chi connectivity index (χ1v) is 15.2. The predicted molar refractivity (Wildman–Crippen MR) is 158 cm³/mol. The van der Waals surface area contributed by atoms with Gasteiger partial charge in [-0.25, -0.2) is 9.59 Å². The molecule has 0 saturated heterocycles. The number of esters is 2. The third kappa shape index (κ3) is 22.9. The zero-order valence-corrected chi connectivity index (χ0v) is 25.3. The normalized spacial score (nSPS) is 11.6. The van der Waals surface area contributed by atoms with Gasteiger partial charge in [0.2, 0.25) is 11.8 Å². The fraction of sp³-hybridized carbons (Fsp3) is 0.750. The van der Waals surface area contributed by atoms with Crippen molar-refractivity contribution in [1.82, 2.24) is 10.6 Å². The molecule has 8 nitrogen and oxygen atoms in total. The lowest BCUT2D eigenvalue weighted by Crippen LogP contribution is -2.39. The topological polar surface area (TPSA) is 111 Å². The highest BCUT2D eigenvalue weighted by molar-refractivity contribution is 5.84. The van der Waals surface area contributed by atoms with Crippen LogP contribution in [0.2, 0.25) is 0 Å². The third-order valence-electron chi connectivity index (χ3n) is 6.19. The van der Waals surface area contributed by atoms with E-state index >= 15 is 0 Å². The fourth-order valence-electron chi connectivity index (χ4n) is 3.91. The number of carbonyl (C=O) groups excluding carboxylic acids is 4. The fourth-order valence-corrected chi connectivity index (χ4v) is 3.91. The van der Waals surface area contributed by atoms with Gasteiger partial charge in [0.25, 0.3) is 0 Å². The van der Waals surface area contributed by atoms with E-state index in [9.17, 15) is 19.2 Å². The van der Waals surface area contributed by atoms with Gasteiger partial charge in [-0.3, -0.25) is 9.59 Å². The minimum atomic E-state index is -0.593. The molecule has 0 aliphatic carbocycles. The average molecular weight is 561 g/mol. The van der Waals surface area contributed by atoms with Crippen molar-refractivity contribution in [2.24, 2.45) is 0 Å². The number of rotatable bonds is 22. The van der Waals surface area contributed by atoms with Crippen molar-refractivity contribution in [3.63, 3.8) is 0 Å². The summed E-state index contributed by atoms with van der Waals surface area (Å²) >= 11 is 0. The standard InChI is InChI=1S/C32H52N2O6/c1-5-39-31(37)27(3)33-29(35)25-23-21-19-17-15-13-11-9-7-8-10-12-14-16-18-20-22-24-26-30(36)34-28(4)32(38)40-6-2/h27-28H,5-6,11-26H2,1-4H3,(H,33,35)(H,34,36). The molecule has 0 aromatic carbocycles. The van der Waals surface area contributed by atoms with E-state index in [2.05, 4.69) is 34.3 Å². The Bertz CT molecular complexity index is 779. The maximum absolute atomic E-state index is 11.8. The Morgan fingerprint density at radius 1 is 0.550 bits per heavy atom. The molecule has 0 bridgehead atoms. The lowest BCUT2D eigenvalue weighted by atomic mass is 10.1. The van der Waals surface area contributed by atoms with E-state index in [-0.39, 0.29) is 11.8 Å². The molecule has 0 heterocycles. The smallest absolute Gasteiger partial charge is 0.328 e. The van der Waals surface area contributed by atoms with Gasteiger partial charge < -0.3 is 20.1 Å². The Hall–Kier alpha value is -3.00. The van der Waals surface area contributed by atoms with Crippen LogP contribution in [0, 0.1) is 23.7 Å². The molecule has 0 aliphatic rings.